The Morgan fingerprint density at radius 2 is 1.39 bits per heavy atom. The quantitative estimate of drug-likeness (QED) is 0.115. The topological polar surface area (TPSA) is 78.5 Å². The van der Waals surface area contributed by atoms with Crippen LogP contribution in [-0.4, -0.2) is 35.9 Å². The number of carboxylic acids is 1. The van der Waals surface area contributed by atoms with Gasteiger partial charge in [-0.3, -0.25) is 0 Å². The standard InChI is InChI=1S/C28H51N3O2/c1-2-3-4-5-6-7-8-9-10-11-12-13-14-15-16-17-18-19-20-21-27-30-23-25-31(27,24-22-29)26-28(32)33/h14-15,23,25H,2-13,16-22,24,26,29H2,1H3/b15-14+. The van der Waals surface area contributed by atoms with E-state index in [0.717, 1.165) is 25.1 Å². The molecule has 0 saturated heterocycles. The van der Waals surface area contributed by atoms with E-state index in [4.69, 9.17) is 5.73 Å². The molecule has 190 valence electrons. The molecule has 0 aromatic heterocycles. The molecule has 2 N–H and O–H groups in total. The molecule has 0 fully saturated rings. The molecule has 0 amide bonds. The van der Waals surface area contributed by atoms with Crippen molar-refractivity contribution in [3.8, 4) is 0 Å². The molecule has 0 radical (unpaired) electrons. The Hall–Kier alpha value is -1.46. The van der Waals surface area contributed by atoms with Crippen LogP contribution in [0.3, 0.4) is 0 Å². The van der Waals surface area contributed by atoms with E-state index in [-0.39, 0.29) is 11.0 Å². The van der Waals surface area contributed by atoms with Crippen molar-refractivity contribution in [2.45, 2.75) is 122 Å². The van der Waals surface area contributed by atoms with Gasteiger partial charge in [-0.15, -0.1) is 0 Å². The van der Waals surface area contributed by atoms with Crippen molar-refractivity contribution in [1.82, 2.24) is 0 Å². The monoisotopic (exact) mass is 461 g/mol. The maximum Gasteiger partial charge on any atom is 0.207 e. The molecule has 0 spiro atoms. The molecule has 5 nitrogen and oxygen atoms in total. The zero-order valence-electron chi connectivity index (χ0n) is 21.4. The van der Waals surface area contributed by atoms with Crippen molar-refractivity contribution in [2.24, 2.45) is 10.7 Å². The van der Waals surface area contributed by atoms with Crippen LogP contribution in [0, 0.1) is 0 Å². The third-order valence-corrected chi connectivity index (χ3v) is 6.69. The van der Waals surface area contributed by atoms with Gasteiger partial charge in [0.15, 0.2) is 0 Å². The molecule has 1 atom stereocenters. The average Bonchev–Trinajstić information content (AvgIpc) is 3.16. The van der Waals surface area contributed by atoms with E-state index in [1.165, 1.54) is 96.3 Å². The van der Waals surface area contributed by atoms with Crippen LogP contribution in [0.4, 0.5) is 0 Å². The van der Waals surface area contributed by atoms with Gasteiger partial charge in [0.05, 0.1) is 12.2 Å². The third kappa shape index (κ3) is 14.4. The smallest absolute Gasteiger partial charge is 0.207 e. The van der Waals surface area contributed by atoms with Gasteiger partial charge in [-0.05, 0) is 32.1 Å². The van der Waals surface area contributed by atoms with Crippen LogP contribution in [0.2, 0.25) is 0 Å². The summed E-state index contributed by atoms with van der Waals surface area (Å²) in [5, 5.41) is 11.2. The molecular weight excluding hydrogens is 410 g/mol. The molecule has 1 unspecified atom stereocenters. The minimum Gasteiger partial charge on any atom is -0.544 e. The fourth-order valence-electron chi connectivity index (χ4n) is 4.68. The molecule has 1 aliphatic rings. The number of nitrogens with zero attached hydrogens (tertiary/aromatic N) is 2. The van der Waals surface area contributed by atoms with E-state index in [1.807, 2.05) is 6.20 Å². The fourth-order valence-corrected chi connectivity index (χ4v) is 4.68. The number of unbranched alkanes of at least 4 members (excludes halogenated alkanes) is 15. The molecule has 0 aromatic carbocycles. The summed E-state index contributed by atoms with van der Waals surface area (Å²) in [5.41, 5.74) is 5.71. The van der Waals surface area contributed by atoms with Crippen LogP contribution in [-0.2, 0) is 4.79 Å². The lowest BCUT2D eigenvalue weighted by Gasteiger charge is -2.32. The van der Waals surface area contributed by atoms with Crippen molar-refractivity contribution in [3.63, 3.8) is 0 Å². The number of allylic oxidation sites excluding steroid dienone is 2. The lowest BCUT2D eigenvalue weighted by Crippen LogP contribution is -2.55. The lowest BCUT2D eigenvalue weighted by molar-refractivity contribution is -0.780. The van der Waals surface area contributed by atoms with Crippen LogP contribution in [0.15, 0.2) is 29.5 Å². The van der Waals surface area contributed by atoms with Gasteiger partial charge in [-0.2, -0.15) is 0 Å². The Morgan fingerprint density at radius 3 is 1.91 bits per heavy atom. The minimum atomic E-state index is -1.05. The third-order valence-electron chi connectivity index (χ3n) is 6.69. The van der Waals surface area contributed by atoms with Gasteiger partial charge in [0.25, 0.3) is 0 Å². The fraction of sp³-hybridized carbons (Fsp3) is 0.786. The van der Waals surface area contributed by atoms with Gasteiger partial charge in [0, 0.05) is 13.0 Å². The highest BCUT2D eigenvalue weighted by molar-refractivity contribution is 5.80. The van der Waals surface area contributed by atoms with E-state index >= 15 is 0 Å². The second-order valence-corrected chi connectivity index (χ2v) is 9.67. The summed E-state index contributed by atoms with van der Waals surface area (Å²) in [5.74, 6) is -0.140. The number of amidine groups is 1. The summed E-state index contributed by atoms with van der Waals surface area (Å²) < 4.78 is 0.237. The number of quaternary nitrogens is 1. The number of aliphatic carboxylic acids is 1. The second kappa shape index (κ2) is 20.0. The molecule has 33 heavy (non-hydrogen) atoms. The van der Waals surface area contributed by atoms with Crippen molar-refractivity contribution >= 4 is 11.8 Å². The zero-order chi connectivity index (χ0) is 24.0. The average molecular weight is 462 g/mol. The predicted molar refractivity (Wildman–Crippen MR) is 139 cm³/mol. The molecule has 0 saturated carbocycles. The van der Waals surface area contributed by atoms with Gasteiger partial charge in [0.2, 0.25) is 5.84 Å². The Balaban J connectivity index is 1.94. The SMILES string of the molecule is CCCCCCCCCCCCC/C=C/CCCCCCC1=NC=C[N+]1(CCN)CC(=O)[O-]. The molecular formula is C28H51N3O2. The lowest BCUT2D eigenvalue weighted by atomic mass is 10.0. The van der Waals surface area contributed by atoms with E-state index in [0.29, 0.717) is 13.1 Å². The molecule has 1 aliphatic heterocycles. The summed E-state index contributed by atoms with van der Waals surface area (Å²) in [6, 6.07) is 0. The van der Waals surface area contributed by atoms with E-state index < -0.39 is 5.97 Å². The summed E-state index contributed by atoms with van der Waals surface area (Å²) in [4.78, 5) is 15.6. The highest BCUT2D eigenvalue weighted by Crippen LogP contribution is 2.21. The Kier molecular flexibility index (Phi) is 17.9. The summed E-state index contributed by atoms with van der Waals surface area (Å²) >= 11 is 0. The molecule has 1 heterocycles. The Labute approximate surface area is 203 Å². The van der Waals surface area contributed by atoms with Crippen molar-refractivity contribution in [3.05, 3.63) is 24.6 Å². The number of aliphatic imine (C=N–C) groups is 1. The second-order valence-electron chi connectivity index (χ2n) is 9.67. The number of carboxylic acid groups (broad SMARTS) is 1. The van der Waals surface area contributed by atoms with E-state index in [9.17, 15) is 9.90 Å². The first kappa shape index (κ1) is 29.6. The minimum absolute atomic E-state index is 0.0730. The van der Waals surface area contributed by atoms with Crippen molar-refractivity contribution in [1.29, 1.82) is 0 Å². The number of carbonyl (C=O) groups excluding carboxylic acids is 1. The van der Waals surface area contributed by atoms with E-state index in [2.05, 4.69) is 24.1 Å². The zero-order valence-corrected chi connectivity index (χ0v) is 21.4. The van der Waals surface area contributed by atoms with Crippen LogP contribution in [0.1, 0.15) is 122 Å². The maximum absolute atomic E-state index is 11.2. The number of nitrogens with two attached hydrogens (primary N) is 1. The van der Waals surface area contributed by atoms with Gasteiger partial charge >= 0.3 is 0 Å². The summed E-state index contributed by atoms with van der Waals surface area (Å²) in [6.45, 7) is 3.20. The highest BCUT2D eigenvalue weighted by Gasteiger charge is 2.34. The highest BCUT2D eigenvalue weighted by atomic mass is 16.4. The van der Waals surface area contributed by atoms with Gasteiger partial charge in [0.1, 0.15) is 19.3 Å². The summed E-state index contributed by atoms with van der Waals surface area (Å²) in [6.07, 6.45) is 31.6. The molecule has 1 rings (SSSR count). The predicted octanol–water partition coefficient (Wildman–Crippen LogP) is 5.99. The molecule has 0 bridgehead atoms. The number of carbonyl (C=O) groups is 1. The van der Waals surface area contributed by atoms with Crippen LogP contribution >= 0.6 is 0 Å². The number of hydrogen-bond donors (Lipinski definition) is 1. The number of hydrogen-bond acceptors (Lipinski definition) is 4. The summed E-state index contributed by atoms with van der Waals surface area (Å²) in [7, 11) is 0. The van der Waals surface area contributed by atoms with Crippen LogP contribution < -0.4 is 10.8 Å². The van der Waals surface area contributed by atoms with Gasteiger partial charge in [-0.1, -0.05) is 96.1 Å². The maximum atomic E-state index is 11.2. The van der Waals surface area contributed by atoms with Crippen molar-refractivity contribution < 1.29 is 14.4 Å². The molecule has 0 aromatic rings. The van der Waals surface area contributed by atoms with Crippen LogP contribution in [0.25, 0.3) is 0 Å². The first-order valence-corrected chi connectivity index (χ1v) is 13.8. The first-order chi connectivity index (χ1) is 16.1. The largest absolute Gasteiger partial charge is 0.544 e. The molecule has 0 aliphatic carbocycles. The van der Waals surface area contributed by atoms with Crippen LogP contribution in [0.5, 0.6) is 0 Å². The van der Waals surface area contributed by atoms with Gasteiger partial charge < -0.3 is 15.6 Å². The van der Waals surface area contributed by atoms with Gasteiger partial charge in [-0.25, -0.2) is 9.48 Å². The van der Waals surface area contributed by atoms with E-state index in [1.54, 1.807) is 6.20 Å². The molecule has 5 heteroatoms. The van der Waals surface area contributed by atoms with Crippen molar-refractivity contribution in [2.75, 3.05) is 19.6 Å². The Morgan fingerprint density at radius 1 is 0.879 bits per heavy atom. The normalized spacial score (nSPS) is 17.8. The Bertz CT molecular complexity index is 586. The first-order valence-electron chi connectivity index (χ1n) is 13.8. The number of rotatable bonds is 23.